The van der Waals surface area contributed by atoms with Crippen LogP contribution >= 0.6 is 0 Å². The average molecular weight is 321 g/mol. The molecule has 23 heavy (non-hydrogen) atoms. The highest BCUT2D eigenvalue weighted by molar-refractivity contribution is 5.89. The number of benzene rings is 1. The lowest BCUT2D eigenvalue weighted by molar-refractivity contribution is -0.385. The second-order valence-electron chi connectivity index (χ2n) is 5.79. The molecule has 1 aromatic rings. The van der Waals surface area contributed by atoms with Gasteiger partial charge in [0.1, 0.15) is 0 Å². The molecule has 2 rings (SSSR count). The van der Waals surface area contributed by atoms with E-state index in [1.807, 2.05) is 13.8 Å². The fourth-order valence-corrected chi connectivity index (χ4v) is 2.82. The Balaban J connectivity index is 1.96. The van der Waals surface area contributed by atoms with Crippen LogP contribution in [-0.2, 0) is 11.2 Å². The second kappa shape index (κ2) is 7.92. The van der Waals surface area contributed by atoms with Crippen molar-refractivity contribution in [2.24, 2.45) is 5.92 Å². The van der Waals surface area contributed by atoms with Gasteiger partial charge in [-0.15, -0.1) is 0 Å². The molecule has 0 radical (unpaired) electrons. The summed E-state index contributed by atoms with van der Waals surface area (Å²) in [4.78, 5) is 22.7. The van der Waals surface area contributed by atoms with Gasteiger partial charge in [-0.05, 0) is 38.2 Å². The Morgan fingerprint density at radius 2 is 2.13 bits per heavy atom. The van der Waals surface area contributed by atoms with E-state index >= 15 is 0 Å². The van der Waals surface area contributed by atoms with Crippen LogP contribution in [0, 0.1) is 16.0 Å². The maximum atomic E-state index is 12.1. The number of hydrogen-bond donors (Lipinski definition) is 2. The van der Waals surface area contributed by atoms with Gasteiger partial charge >= 0.3 is 6.03 Å². The summed E-state index contributed by atoms with van der Waals surface area (Å²) in [6.45, 7) is 5.28. The normalized spacial score (nSPS) is 16.6. The van der Waals surface area contributed by atoms with Crippen molar-refractivity contribution in [3.63, 3.8) is 0 Å². The van der Waals surface area contributed by atoms with Crippen molar-refractivity contribution in [2.45, 2.75) is 39.2 Å². The van der Waals surface area contributed by atoms with Crippen molar-refractivity contribution < 1.29 is 14.5 Å². The van der Waals surface area contributed by atoms with Crippen LogP contribution in [0.15, 0.2) is 18.2 Å². The highest BCUT2D eigenvalue weighted by Crippen LogP contribution is 2.24. The van der Waals surface area contributed by atoms with E-state index in [1.54, 1.807) is 12.1 Å². The molecule has 1 aromatic carbocycles. The van der Waals surface area contributed by atoms with Gasteiger partial charge < -0.3 is 15.4 Å². The number of aryl methyl sites for hydroxylation is 1. The summed E-state index contributed by atoms with van der Waals surface area (Å²) >= 11 is 0. The van der Waals surface area contributed by atoms with E-state index in [0.717, 1.165) is 26.1 Å². The van der Waals surface area contributed by atoms with E-state index in [9.17, 15) is 14.9 Å². The van der Waals surface area contributed by atoms with E-state index in [1.165, 1.54) is 6.07 Å². The van der Waals surface area contributed by atoms with Crippen molar-refractivity contribution in [2.75, 3.05) is 18.5 Å². The molecular weight excluding hydrogens is 298 g/mol. The van der Waals surface area contributed by atoms with Crippen LogP contribution in [-0.4, -0.2) is 30.2 Å². The van der Waals surface area contributed by atoms with Crippen LogP contribution in [0.5, 0.6) is 0 Å². The molecule has 1 heterocycles. The smallest absolute Gasteiger partial charge is 0.319 e. The molecule has 126 valence electrons. The third-order valence-corrected chi connectivity index (χ3v) is 4.25. The van der Waals surface area contributed by atoms with Gasteiger partial charge in [0.05, 0.1) is 4.92 Å². The Morgan fingerprint density at radius 1 is 1.43 bits per heavy atom. The molecule has 0 aliphatic carbocycles. The maximum Gasteiger partial charge on any atom is 0.319 e. The van der Waals surface area contributed by atoms with E-state index in [0.29, 0.717) is 23.6 Å². The molecule has 1 atom stereocenters. The lowest BCUT2D eigenvalue weighted by atomic mass is 9.93. The minimum absolute atomic E-state index is 0.0303. The molecule has 7 nitrogen and oxygen atoms in total. The van der Waals surface area contributed by atoms with E-state index in [-0.39, 0.29) is 17.8 Å². The fraction of sp³-hybridized carbons (Fsp3) is 0.562. The van der Waals surface area contributed by atoms with Crippen LogP contribution in [0.25, 0.3) is 0 Å². The Labute approximate surface area is 135 Å². The van der Waals surface area contributed by atoms with Gasteiger partial charge in [0, 0.05) is 36.6 Å². The molecule has 0 saturated carbocycles. The Morgan fingerprint density at radius 3 is 2.74 bits per heavy atom. The summed E-state index contributed by atoms with van der Waals surface area (Å²) in [5.41, 5.74) is 1.10. The Kier molecular flexibility index (Phi) is 5.92. The van der Waals surface area contributed by atoms with Crippen molar-refractivity contribution >= 4 is 17.4 Å². The SMILES string of the molecule is CCc1ccc(NC(=O)NC(C)C2CCOCC2)cc1[N+](=O)[O-]. The zero-order chi connectivity index (χ0) is 16.8. The van der Waals surface area contributed by atoms with Gasteiger partial charge in [0.2, 0.25) is 0 Å². The minimum atomic E-state index is -0.424. The first-order valence-corrected chi connectivity index (χ1v) is 7.93. The van der Waals surface area contributed by atoms with Gasteiger partial charge in [0.25, 0.3) is 5.69 Å². The van der Waals surface area contributed by atoms with E-state index in [2.05, 4.69) is 10.6 Å². The highest BCUT2D eigenvalue weighted by atomic mass is 16.6. The predicted octanol–water partition coefficient (Wildman–Crippen LogP) is 3.09. The van der Waals surface area contributed by atoms with Crippen molar-refractivity contribution in [1.29, 1.82) is 0 Å². The first kappa shape index (κ1) is 17.2. The van der Waals surface area contributed by atoms with Gasteiger partial charge in [0.15, 0.2) is 0 Å². The average Bonchev–Trinajstić information content (AvgIpc) is 2.55. The first-order valence-electron chi connectivity index (χ1n) is 7.93. The number of hydrogen-bond acceptors (Lipinski definition) is 4. The van der Waals surface area contributed by atoms with Crippen LogP contribution in [0.3, 0.4) is 0 Å². The molecule has 0 bridgehead atoms. The summed E-state index contributed by atoms with van der Waals surface area (Å²) in [7, 11) is 0. The van der Waals surface area contributed by atoms with Gasteiger partial charge in [-0.3, -0.25) is 10.1 Å². The lowest BCUT2D eigenvalue weighted by Gasteiger charge is -2.28. The zero-order valence-electron chi connectivity index (χ0n) is 13.5. The molecule has 2 amide bonds. The number of anilines is 1. The number of ether oxygens (including phenoxy) is 1. The minimum Gasteiger partial charge on any atom is -0.381 e. The topological polar surface area (TPSA) is 93.5 Å². The monoisotopic (exact) mass is 321 g/mol. The summed E-state index contributed by atoms with van der Waals surface area (Å²) in [5, 5.41) is 16.6. The number of amides is 2. The molecule has 2 N–H and O–H groups in total. The molecule has 1 aliphatic rings. The molecule has 0 aromatic heterocycles. The number of nitro groups is 1. The fourth-order valence-electron chi connectivity index (χ4n) is 2.82. The van der Waals surface area contributed by atoms with E-state index < -0.39 is 4.92 Å². The first-order chi connectivity index (χ1) is 11.0. The Bertz CT molecular complexity index is 570. The van der Waals surface area contributed by atoms with Gasteiger partial charge in [-0.25, -0.2) is 4.79 Å². The lowest BCUT2D eigenvalue weighted by Crippen LogP contribution is -2.42. The van der Waals surface area contributed by atoms with Gasteiger partial charge in [-0.1, -0.05) is 13.0 Å². The predicted molar refractivity (Wildman–Crippen MR) is 87.6 cm³/mol. The van der Waals surface area contributed by atoms with Crippen LogP contribution < -0.4 is 10.6 Å². The third-order valence-electron chi connectivity index (χ3n) is 4.25. The summed E-state index contributed by atoms with van der Waals surface area (Å²) in [6, 6.07) is 4.45. The number of carbonyl (C=O) groups excluding carboxylic acids is 1. The molecule has 1 aliphatic heterocycles. The number of carbonyl (C=O) groups is 1. The molecule has 1 fully saturated rings. The number of nitrogens with one attached hydrogen (secondary N) is 2. The second-order valence-corrected chi connectivity index (χ2v) is 5.79. The largest absolute Gasteiger partial charge is 0.381 e. The van der Waals surface area contributed by atoms with Crippen LogP contribution in [0.1, 0.15) is 32.3 Å². The maximum absolute atomic E-state index is 12.1. The van der Waals surface area contributed by atoms with E-state index in [4.69, 9.17) is 4.74 Å². The zero-order valence-corrected chi connectivity index (χ0v) is 13.5. The molecular formula is C16H23N3O4. The number of nitrogens with zero attached hydrogens (tertiary/aromatic N) is 1. The Hall–Kier alpha value is -2.15. The van der Waals surface area contributed by atoms with Gasteiger partial charge in [-0.2, -0.15) is 0 Å². The third kappa shape index (κ3) is 4.66. The van der Waals surface area contributed by atoms with Crippen molar-refractivity contribution in [1.82, 2.24) is 5.32 Å². The molecule has 1 unspecified atom stereocenters. The van der Waals surface area contributed by atoms with Crippen LogP contribution in [0.4, 0.5) is 16.2 Å². The van der Waals surface area contributed by atoms with Crippen molar-refractivity contribution in [3.8, 4) is 0 Å². The quantitative estimate of drug-likeness (QED) is 0.643. The summed E-state index contributed by atoms with van der Waals surface area (Å²) in [6.07, 6.45) is 2.43. The number of rotatable bonds is 5. The van der Waals surface area contributed by atoms with Crippen molar-refractivity contribution in [3.05, 3.63) is 33.9 Å². The molecule has 1 saturated heterocycles. The number of urea groups is 1. The van der Waals surface area contributed by atoms with Crippen LogP contribution in [0.2, 0.25) is 0 Å². The standard InChI is InChI=1S/C16H23N3O4/c1-3-12-4-5-14(10-15(12)19(21)22)18-16(20)17-11(2)13-6-8-23-9-7-13/h4-5,10-11,13H,3,6-9H2,1-2H3,(H2,17,18,20). The molecule has 7 heteroatoms. The highest BCUT2D eigenvalue weighted by Gasteiger charge is 2.22. The number of nitro benzene ring substituents is 1. The molecule has 0 spiro atoms. The summed E-state index contributed by atoms with van der Waals surface area (Å²) in [5.74, 6) is 0.395. The summed E-state index contributed by atoms with van der Waals surface area (Å²) < 4.78 is 5.32.